The zero-order valence-corrected chi connectivity index (χ0v) is 14.2. The fourth-order valence-electron chi connectivity index (χ4n) is 3.15. The molecule has 23 heavy (non-hydrogen) atoms. The number of aliphatic hydroxyl groups is 1. The lowest BCUT2D eigenvalue weighted by Gasteiger charge is -2.28. The third kappa shape index (κ3) is 3.98. The Balaban J connectivity index is 1.63. The van der Waals surface area contributed by atoms with Gasteiger partial charge in [-0.3, -0.25) is 4.79 Å². The molecule has 3 rings (SSSR count). The van der Waals surface area contributed by atoms with Gasteiger partial charge in [0.05, 0.1) is 16.8 Å². The first-order valence-corrected chi connectivity index (χ1v) is 8.84. The summed E-state index contributed by atoms with van der Waals surface area (Å²) in [5.41, 5.74) is 0.483. The third-order valence-corrected chi connectivity index (χ3v) is 5.36. The Labute approximate surface area is 140 Å². The molecular weight excluding hydrogens is 308 g/mol. The van der Waals surface area contributed by atoms with Gasteiger partial charge in [0.15, 0.2) is 0 Å². The molecule has 0 radical (unpaired) electrons. The Morgan fingerprint density at radius 2 is 2.00 bits per heavy atom. The lowest BCUT2D eigenvalue weighted by molar-refractivity contribution is 0.0158. The summed E-state index contributed by atoms with van der Waals surface area (Å²) in [6.07, 6.45) is 6.05. The van der Waals surface area contributed by atoms with E-state index in [1.807, 2.05) is 18.2 Å². The molecule has 1 fully saturated rings. The first-order chi connectivity index (χ1) is 11.1. The smallest absolute Gasteiger partial charge is 0.265 e. The second kappa shape index (κ2) is 6.81. The number of nitrogens with zero attached hydrogens (tertiary/aromatic N) is 2. The van der Waals surface area contributed by atoms with Gasteiger partial charge in [0.1, 0.15) is 4.88 Å². The van der Waals surface area contributed by atoms with Crippen molar-refractivity contribution in [1.82, 2.24) is 9.88 Å². The van der Waals surface area contributed by atoms with E-state index in [-0.39, 0.29) is 5.91 Å². The zero-order chi connectivity index (χ0) is 16.3. The van der Waals surface area contributed by atoms with Gasteiger partial charge in [-0.05, 0) is 18.4 Å². The number of amides is 1. The second-order valence-corrected chi connectivity index (χ2v) is 7.49. The fourth-order valence-corrected chi connectivity index (χ4v) is 4.10. The van der Waals surface area contributed by atoms with Crippen LogP contribution in [0.1, 0.15) is 45.9 Å². The summed E-state index contributed by atoms with van der Waals surface area (Å²) in [6.45, 7) is 0.401. The van der Waals surface area contributed by atoms with Crippen LogP contribution < -0.4 is 0 Å². The van der Waals surface area contributed by atoms with Crippen LogP contribution in [0.5, 0.6) is 0 Å². The summed E-state index contributed by atoms with van der Waals surface area (Å²) in [6, 6.07) is 10.1. The average molecular weight is 330 g/mol. The minimum Gasteiger partial charge on any atom is -0.388 e. The molecule has 0 unspecified atom stereocenters. The molecule has 1 aliphatic rings. The van der Waals surface area contributed by atoms with Gasteiger partial charge >= 0.3 is 0 Å². The van der Waals surface area contributed by atoms with Crippen molar-refractivity contribution >= 4 is 17.2 Å². The van der Waals surface area contributed by atoms with Gasteiger partial charge in [-0.2, -0.15) is 0 Å². The van der Waals surface area contributed by atoms with Crippen LogP contribution in [0.2, 0.25) is 0 Å². The van der Waals surface area contributed by atoms with E-state index in [4.69, 9.17) is 0 Å². The van der Waals surface area contributed by atoms with Gasteiger partial charge in [-0.1, -0.05) is 43.2 Å². The number of hydrogen-bond donors (Lipinski definition) is 1. The van der Waals surface area contributed by atoms with Crippen LogP contribution in [0.15, 0.2) is 36.5 Å². The topological polar surface area (TPSA) is 53.4 Å². The lowest BCUT2D eigenvalue weighted by atomic mass is 10.0. The van der Waals surface area contributed by atoms with Gasteiger partial charge in [0.25, 0.3) is 5.91 Å². The van der Waals surface area contributed by atoms with Crippen LogP contribution >= 0.6 is 11.3 Å². The number of carbonyl (C=O) groups excluding carboxylic acids is 1. The summed E-state index contributed by atoms with van der Waals surface area (Å²) in [4.78, 5) is 19.2. The molecule has 4 nitrogen and oxygen atoms in total. The van der Waals surface area contributed by atoms with E-state index in [0.29, 0.717) is 11.4 Å². The van der Waals surface area contributed by atoms with Crippen molar-refractivity contribution in [3.63, 3.8) is 0 Å². The normalized spacial score (nSPS) is 16.4. The number of rotatable bonds is 5. The van der Waals surface area contributed by atoms with Crippen molar-refractivity contribution in [3.05, 3.63) is 52.0 Å². The Morgan fingerprint density at radius 3 is 2.70 bits per heavy atom. The van der Waals surface area contributed by atoms with Crippen molar-refractivity contribution in [3.8, 4) is 0 Å². The maximum Gasteiger partial charge on any atom is 0.265 e. The molecule has 5 heteroatoms. The van der Waals surface area contributed by atoms with Crippen LogP contribution in [-0.2, 0) is 6.42 Å². The lowest BCUT2D eigenvalue weighted by Crippen LogP contribution is -2.41. The molecule has 0 bridgehead atoms. The van der Waals surface area contributed by atoms with E-state index in [1.165, 1.54) is 16.9 Å². The highest BCUT2D eigenvalue weighted by atomic mass is 32.1. The SMILES string of the molecule is CN(CC1(O)CCCC1)C(=O)c1cnc(Cc2ccccc2)s1. The molecule has 1 heterocycles. The van der Waals surface area contributed by atoms with Crippen LogP contribution in [-0.4, -0.2) is 40.1 Å². The molecule has 0 atom stereocenters. The van der Waals surface area contributed by atoms with E-state index in [1.54, 1.807) is 18.1 Å². The summed E-state index contributed by atoms with van der Waals surface area (Å²) in [7, 11) is 1.76. The molecule has 1 saturated carbocycles. The second-order valence-electron chi connectivity index (χ2n) is 6.37. The molecule has 1 amide bonds. The van der Waals surface area contributed by atoms with Crippen LogP contribution in [0.4, 0.5) is 0 Å². The fraction of sp³-hybridized carbons (Fsp3) is 0.444. The number of hydrogen-bond acceptors (Lipinski definition) is 4. The molecule has 1 aromatic carbocycles. The van der Waals surface area contributed by atoms with E-state index < -0.39 is 5.60 Å². The number of benzene rings is 1. The number of thiazole rings is 1. The quantitative estimate of drug-likeness (QED) is 0.916. The zero-order valence-electron chi connectivity index (χ0n) is 13.4. The maximum atomic E-state index is 12.5. The molecular formula is C18H22N2O2S. The summed E-state index contributed by atoms with van der Waals surface area (Å²) >= 11 is 1.44. The monoisotopic (exact) mass is 330 g/mol. The molecule has 2 aromatic rings. The van der Waals surface area contributed by atoms with Crippen molar-refractivity contribution in [1.29, 1.82) is 0 Å². The Morgan fingerprint density at radius 1 is 1.30 bits per heavy atom. The number of aromatic nitrogens is 1. The van der Waals surface area contributed by atoms with Crippen molar-refractivity contribution < 1.29 is 9.90 Å². The van der Waals surface area contributed by atoms with Gasteiger partial charge in [0, 0.05) is 20.0 Å². The predicted octanol–water partition coefficient (Wildman–Crippen LogP) is 3.11. The number of likely N-dealkylation sites (N-methyl/N-ethyl adjacent to an activating group) is 1. The van der Waals surface area contributed by atoms with E-state index in [9.17, 15) is 9.90 Å². The maximum absolute atomic E-state index is 12.5. The molecule has 1 aromatic heterocycles. The standard InChI is InChI=1S/C18H22N2O2S/c1-20(13-18(22)9-5-6-10-18)17(21)15-12-19-16(23-15)11-14-7-3-2-4-8-14/h2-4,7-8,12,22H,5-6,9-11,13H2,1H3. The first-order valence-electron chi connectivity index (χ1n) is 8.02. The Hall–Kier alpha value is -1.72. The third-order valence-electron chi connectivity index (χ3n) is 4.37. The largest absolute Gasteiger partial charge is 0.388 e. The minimum absolute atomic E-state index is 0.0536. The molecule has 1 N–H and O–H groups in total. The van der Waals surface area contributed by atoms with E-state index in [0.717, 1.165) is 37.1 Å². The van der Waals surface area contributed by atoms with Crippen LogP contribution in [0.25, 0.3) is 0 Å². The van der Waals surface area contributed by atoms with Crippen molar-refractivity contribution in [2.24, 2.45) is 0 Å². The van der Waals surface area contributed by atoms with Gasteiger partial charge in [-0.25, -0.2) is 4.98 Å². The summed E-state index contributed by atoms with van der Waals surface area (Å²) in [5, 5.41) is 11.4. The average Bonchev–Trinajstić information content (AvgIpc) is 3.17. The van der Waals surface area contributed by atoms with E-state index in [2.05, 4.69) is 17.1 Å². The van der Waals surface area contributed by atoms with Gasteiger partial charge < -0.3 is 10.0 Å². The van der Waals surface area contributed by atoms with E-state index >= 15 is 0 Å². The highest BCUT2D eigenvalue weighted by Gasteiger charge is 2.33. The molecule has 0 aliphatic heterocycles. The summed E-state index contributed by atoms with van der Waals surface area (Å²) in [5.74, 6) is -0.0536. The number of carbonyl (C=O) groups is 1. The predicted molar refractivity (Wildman–Crippen MR) is 91.7 cm³/mol. The van der Waals surface area contributed by atoms with Gasteiger partial charge in [0.2, 0.25) is 0 Å². The Bertz CT molecular complexity index is 663. The molecule has 1 aliphatic carbocycles. The minimum atomic E-state index is -0.706. The van der Waals surface area contributed by atoms with Crippen LogP contribution in [0, 0.1) is 0 Å². The van der Waals surface area contributed by atoms with Crippen molar-refractivity contribution in [2.75, 3.05) is 13.6 Å². The molecule has 0 spiro atoms. The summed E-state index contributed by atoms with van der Waals surface area (Å²) < 4.78 is 0. The van der Waals surface area contributed by atoms with Crippen molar-refractivity contribution in [2.45, 2.75) is 37.7 Å². The van der Waals surface area contributed by atoms with Crippen LogP contribution in [0.3, 0.4) is 0 Å². The molecule has 122 valence electrons. The Kier molecular flexibility index (Phi) is 4.78. The highest BCUT2D eigenvalue weighted by Crippen LogP contribution is 2.30. The first kappa shape index (κ1) is 16.1. The highest BCUT2D eigenvalue weighted by molar-refractivity contribution is 7.13. The van der Waals surface area contributed by atoms with Gasteiger partial charge in [-0.15, -0.1) is 11.3 Å². The molecule has 0 saturated heterocycles.